The highest BCUT2D eigenvalue weighted by atomic mass is 14.8. The van der Waals surface area contributed by atoms with Gasteiger partial charge in [0.05, 0.1) is 11.4 Å². The van der Waals surface area contributed by atoms with Crippen molar-refractivity contribution < 1.29 is 0 Å². The number of hydrogen-bond donors (Lipinski definition) is 0. The van der Waals surface area contributed by atoms with Crippen LogP contribution in [-0.4, -0.2) is 11.4 Å². The van der Waals surface area contributed by atoms with Crippen LogP contribution in [0.25, 0.3) is 0 Å². The lowest BCUT2D eigenvalue weighted by Gasteiger charge is -2.17. The Kier molecular flexibility index (Phi) is 8.55. The van der Waals surface area contributed by atoms with Crippen LogP contribution in [0.1, 0.15) is 84.9 Å². The first kappa shape index (κ1) is 21.6. The van der Waals surface area contributed by atoms with Crippen LogP contribution in [0.5, 0.6) is 0 Å². The van der Waals surface area contributed by atoms with E-state index in [2.05, 4.69) is 68.4 Å². The van der Waals surface area contributed by atoms with Crippen molar-refractivity contribution in [2.75, 3.05) is 0 Å². The third-order valence-corrected chi connectivity index (χ3v) is 4.44. The van der Waals surface area contributed by atoms with Crippen molar-refractivity contribution in [3.63, 3.8) is 0 Å². The van der Waals surface area contributed by atoms with Gasteiger partial charge in [-0.2, -0.15) is 0 Å². The SMILES string of the molecule is CCc1cc(CC)c(N=C(C)CC(C)C)c(C)c1N=C(C)CC(C)C. The van der Waals surface area contributed by atoms with Crippen molar-refractivity contribution in [3.05, 3.63) is 22.8 Å². The second-order valence-corrected chi connectivity index (χ2v) is 8.11. The lowest BCUT2D eigenvalue weighted by atomic mass is 9.97. The summed E-state index contributed by atoms with van der Waals surface area (Å²) in [6, 6.07) is 2.33. The molecule has 1 aromatic carbocycles. The molecule has 2 heteroatoms. The van der Waals surface area contributed by atoms with Crippen molar-refractivity contribution in [2.24, 2.45) is 21.8 Å². The van der Waals surface area contributed by atoms with Crippen LogP contribution in [0, 0.1) is 18.8 Å². The van der Waals surface area contributed by atoms with Gasteiger partial charge in [-0.25, -0.2) is 0 Å². The smallest absolute Gasteiger partial charge is 0.0711 e. The fourth-order valence-corrected chi connectivity index (χ4v) is 3.45. The number of nitrogens with zero attached hydrogens (tertiary/aromatic N) is 2. The number of rotatable bonds is 8. The summed E-state index contributed by atoms with van der Waals surface area (Å²) in [7, 11) is 0. The molecule has 0 heterocycles. The topological polar surface area (TPSA) is 24.7 Å². The van der Waals surface area contributed by atoms with Gasteiger partial charge < -0.3 is 0 Å². The van der Waals surface area contributed by atoms with Crippen LogP contribution >= 0.6 is 0 Å². The van der Waals surface area contributed by atoms with E-state index in [0.29, 0.717) is 11.8 Å². The number of aliphatic imine (C=N–C) groups is 2. The Balaban J connectivity index is 3.50. The van der Waals surface area contributed by atoms with Gasteiger partial charge in [0.25, 0.3) is 0 Å². The fourth-order valence-electron chi connectivity index (χ4n) is 3.45. The number of benzene rings is 1. The minimum absolute atomic E-state index is 0.634. The Hall–Kier alpha value is -1.44. The first-order chi connectivity index (χ1) is 11.7. The molecule has 0 radical (unpaired) electrons. The van der Waals surface area contributed by atoms with Gasteiger partial charge in [-0.15, -0.1) is 0 Å². The molecule has 25 heavy (non-hydrogen) atoms. The van der Waals surface area contributed by atoms with E-state index in [0.717, 1.165) is 37.1 Å². The predicted octanol–water partition coefficient (Wildman–Crippen LogP) is 7.40. The normalized spacial score (nSPS) is 13.2. The van der Waals surface area contributed by atoms with Gasteiger partial charge in [-0.05, 0) is 69.4 Å². The number of aryl methyl sites for hydroxylation is 2. The average molecular weight is 343 g/mol. The van der Waals surface area contributed by atoms with Crippen LogP contribution in [0.2, 0.25) is 0 Å². The maximum absolute atomic E-state index is 5.02. The second kappa shape index (κ2) is 9.89. The van der Waals surface area contributed by atoms with E-state index < -0.39 is 0 Å². The molecule has 0 aromatic heterocycles. The second-order valence-electron chi connectivity index (χ2n) is 8.11. The summed E-state index contributed by atoms with van der Waals surface area (Å²) in [5.41, 5.74) is 8.65. The van der Waals surface area contributed by atoms with E-state index in [1.54, 1.807) is 0 Å². The maximum atomic E-state index is 5.02. The molecule has 0 amide bonds. The van der Waals surface area contributed by atoms with Crippen molar-refractivity contribution in [3.8, 4) is 0 Å². The van der Waals surface area contributed by atoms with Crippen LogP contribution in [0.15, 0.2) is 16.1 Å². The van der Waals surface area contributed by atoms with Crippen LogP contribution in [0.4, 0.5) is 11.4 Å². The summed E-state index contributed by atoms with van der Waals surface area (Å²) in [5.74, 6) is 1.27. The molecule has 0 aliphatic carbocycles. The quantitative estimate of drug-likeness (QED) is 0.440. The minimum Gasteiger partial charge on any atom is -0.257 e. The maximum Gasteiger partial charge on any atom is 0.0711 e. The van der Waals surface area contributed by atoms with E-state index in [1.807, 2.05) is 0 Å². The average Bonchev–Trinajstić information content (AvgIpc) is 2.49. The minimum atomic E-state index is 0.634. The van der Waals surface area contributed by atoms with Gasteiger partial charge in [0, 0.05) is 17.0 Å². The van der Waals surface area contributed by atoms with Gasteiger partial charge in [0.15, 0.2) is 0 Å². The summed E-state index contributed by atoms with van der Waals surface area (Å²) in [6.07, 6.45) is 4.11. The Morgan fingerprint density at radius 3 is 1.44 bits per heavy atom. The molecule has 0 N–H and O–H groups in total. The Labute approximate surface area is 155 Å². The van der Waals surface area contributed by atoms with Gasteiger partial charge in [-0.1, -0.05) is 47.6 Å². The lowest BCUT2D eigenvalue weighted by Crippen LogP contribution is -2.01. The molecule has 0 saturated carbocycles. The third kappa shape index (κ3) is 6.41. The van der Waals surface area contributed by atoms with Crippen molar-refractivity contribution >= 4 is 22.8 Å². The highest BCUT2D eigenvalue weighted by Crippen LogP contribution is 2.37. The molecule has 0 bridgehead atoms. The van der Waals surface area contributed by atoms with E-state index in [-0.39, 0.29) is 0 Å². The fraction of sp³-hybridized carbons (Fsp3) is 0.652. The van der Waals surface area contributed by atoms with Crippen LogP contribution in [0.3, 0.4) is 0 Å². The molecule has 1 aromatic rings. The van der Waals surface area contributed by atoms with E-state index in [4.69, 9.17) is 9.98 Å². The molecule has 1 rings (SSSR count). The lowest BCUT2D eigenvalue weighted by molar-refractivity contribution is 0.682. The van der Waals surface area contributed by atoms with Crippen molar-refractivity contribution in [1.82, 2.24) is 0 Å². The van der Waals surface area contributed by atoms with E-state index in [1.165, 1.54) is 28.1 Å². The molecule has 0 saturated heterocycles. The molecule has 140 valence electrons. The first-order valence-electron chi connectivity index (χ1n) is 9.93. The van der Waals surface area contributed by atoms with Gasteiger partial charge >= 0.3 is 0 Å². The molecular formula is C23H38N2. The highest BCUT2D eigenvalue weighted by Gasteiger charge is 2.14. The standard InChI is InChI=1S/C23H38N2/c1-10-20-14-21(11-2)23(25-18(8)13-16(5)6)19(9)22(20)24-17(7)12-15(3)4/h14-16H,10-13H2,1-9H3. The zero-order chi connectivity index (χ0) is 19.1. The van der Waals surface area contributed by atoms with Gasteiger partial charge in [0.1, 0.15) is 0 Å². The summed E-state index contributed by atoms with van der Waals surface area (Å²) in [5, 5.41) is 0. The number of hydrogen-bond acceptors (Lipinski definition) is 2. The van der Waals surface area contributed by atoms with Crippen molar-refractivity contribution in [2.45, 2.75) is 88.0 Å². The molecule has 0 fully saturated rings. The monoisotopic (exact) mass is 342 g/mol. The largest absolute Gasteiger partial charge is 0.257 e. The zero-order valence-corrected chi connectivity index (χ0v) is 18.0. The molecule has 0 aliphatic heterocycles. The summed E-state index contributed by atoms with van der Waals surface area (Å²) >= 11 is 0. The molecular weight excluding hydrogens is 304 g/mol. The summed E-state index contributed by atoms with van der Waals surface area (Å²) in [6.45, 7) is 19.9. The third-order valence-electron chi connectivity index (χ3n) is 4.44. The molecule has 0 unspecified atom stereocenters. The van der Waals surface area contributed by atoms with E-state index in [9.17, 15) is 0 Å². The molecule has 0 atom stereocenters. The molecule has 0 spiro atoms. The summed E-state index contributed by atoms with van der Waals surface area (Å²) < 4.78 is 0. The van der Waals surface area contributed by atoms with Crippen LogP contribution < -0.4 is 0 Å². The predicted molar refractivity (Wildman–Crippen MR) is 114 cm³/mol. The van der Waals surface area contributed by atoms with Crippen molar-refractivity contribution in [1.29, 1.82) is 0 Å². The zero-order valence-electron chi connectivity index (χ0n) is 18.0. The van der Waals surface area contributed by atoms with Crippen LogP contribution in [-0.2, 0) is 12.8 Å². The molecule has 2 nitrogen and oxygen atoms in total. The Morgan fingerprint density at radius 1 is 0.800 bits per heavy atom. The first-order valence-corrected chi connectivity index (χ1v) is 9.93. The molecule has 0 aliphatic rings. The summed E-state index contributed by atoms with van der Waals surface area (Å²) in [4.78, 5) is 10.0. The Bertz CT molecular complexity index is 582. The highest BCUT2D eigenvalue weighted by molar-refractivity contribution is 5.89. The Morgan fingerprint density at radius 2 is 1.16 bits per heavy atom. The van der Waals surface area contributed by atoms with Gasteiger partial charge in [-0.3, -0.25) is 9.98 Å². The van der Waals surface area contributed by atoms with Gasteiger partial charge in [0.2, 0.25) is 0 Å². The van der Waals surface area contributed by atoms with E-state index >= 15 is 0 Å².